The number of rotatable bonds is 3. The maximum atomic E-state index is 9.81. The summed E-state index contributed by atoms with van der Waals surface area (Å²) in [7, 11) is 0. The van der Waals surface area contributed by atoms with E-state index >= 15 is 0 Å². The first-order valence-corrected chi connectivity index (χ1v) is 6.91. The van der Waals surface area contributed by atoms with Gasteiger partial charge >= 0.3 is 0 Å². The van der Waals surface area contributed by atoms with Crippen LogP contribution in [-0.4, -0.2) is 28.3 Å². The van der Waals surface area contributed by atoms with Crippen LogP contribution in [-0.2, 0) is 0 Å². The van der Waals surface area contributed by atoms with E-state index in [1.807, 2.05) is 26.0 Å². The lowest BCUT2D eigenvalue weighted by atomic mass is 9.89. The molecule has 1 aliphatic heterocycles. The van der Waals surface area contributed by atoms with Crippen LogP contribution in [0.25, 0.3) is 11.4 Å². The molecule has 1 unspecified atom stereocenters. The van der Waals surface area contributed by atoms with Gasteiger partial charge in [0.25, 0.3) is 0 Å². The average molecular weight is 273 g/mol. The summed E-state index contributed by atoms with van der Waals surface area (Å²) in [5, 5.41) is 17.1. The quantitative estimate of drug-likeness (QED) is 0.898. The number of hydrogen-bond acceptors (Lipinski definition) is 5. The Morgan fingerprint density at radius 3 is 2.50 bits per heavy atom. The highest BCUT2D eigenvalue weighted by atomic mass is 16.5. The molecule has 0 radical (unpaired) electrons. The average Bonchev–Trinajstić information content (AvgIpc) is 2.82. The van der Waals surface area contributed by atoms with E-state index in [4.69, 9.17) is 4.52 Å². The van der Waals surface area contributed by atoms with Gasteiger partial charge in [-0.15, -0.1) is 0 Å². The zero-order valence-corrected chi connectivity index (χ0v) is 12.0. The third-order valence-corrected chi connectivity index (χ3v) is 4.10. The van der Waals surface area contributed by atoms with Crippen molar-refractivity contribution < 1.29 is 9.63 Å². The van der Waals surface area contributed by atoms with E-state index in [1.54, 1.807) is 0 Å². The minimum absolute atomic E-state index is 0.275. The highest BCUT2D eigenvalue weighted by Crippen LogP contribution is 2.30. The van der Waals surface area contributed by atoms with Gasteiger partial charge in [0.15, 0.2) is 0 Å². The molecule has 20 heavy (non-hydrogen) atoms. The van der Waals surface area contributed by atoms with Crippen LogP contribution in [0.4, 0.5) is 0 Å². The highest BCUT2D eigenvalue weighted by molar-refractivity contribution is 5.60. The lowest BCUT2D eigenvalue weighted by Gasteiger charge is -2.30. The van der Waals surface area contributed by atoms with Crippen molar-refractivity contribution in [3.63, 3.8) is 0 Å². The van der Waals surface area contributed by atoms with Gasteiger partial charge in [0.05, 0.1) is 0 Å². The molecule has 2 aromatic rings. The SMILES string of the molecule is Cc1cc(-c2noc(C(C)C3CNC3)n2)cc(C)c1O. The van der Waals surface area contributed by atoms with Crippen molar-refractivity contribution in [2.75, 3.05) is 13.1 Å². The second kappa shape index (κ2) is 4.90. The van der Waals surface area contributed by atoms with Crippen LogP contribution in [0.1, 0.15) is 29.9 Å². The summed E-state index contributed by atoms with van der Waals surface area (Å²) < 4.78 is 5.40. The van der Waals surface area contributed by atoms with Crippen LogP contribution in [0.2, 0.25) is 0 Å². The molecule has 1 aromatic carbocycles. The zero-order valence-electron chi connectivity index (χ0n) is 12.0. The monoisotopic (exact) mass is 273 g/mol. The van der Waals surface area contributed by atoms with E-state index in [0.29, 0.717) is 23.4 Å². The molecule has 1 atom stereocenters. The van der Waals surface area contributed by atoms with Crippen LogP contribution in [0.5, 0.6) is 5.75 Å². The summed E-state index contributed by atoms with van der Waals surface area (Å²) in [6.45, 7) is 7.88. The fourth-order valence-corrected chi connectivity index (χ4v) is 2.49. The van der Waals surface area contributed by atoms with Crippen molar-refractivity contribution in [3.8, 4) is 17.1 Å². The van der Waals surface area contributed by atoms with Gasteiger partial charge in [-0.2, -0.15) is 4.98 Å². The van der Waals surface area contributed by atoms with E-state index in [1.165, 1.54) is 0 Å². The Morgan fingerprint density at radius 1 is 1.30 bits per heavy atom. The summed E-state index contributed by atoms with van der Waals surface area (Å²) in [6, 6.07) is 3.76. The van der Waals surface area contributed by atoms with Gasteiger partial charge in [0.2, 0.25) is 11.7 Å². The molecule has 2 N–H and O–H groups in total. The van der Waals surface area contributed by atoms with Crippen LogP contribution in [0, 0.1) is 19.8 Å². The van der Waals surface area contributed by atoms with E-state index in [2.05, 4.69) is 22.4 Å². The van der Waals surface area contributed by atoms with Gasteiger partial charge in [0.1, 0.15) is 5.75 Å². The summed E-state index contributed by atoms with van der Waals surface area (Å²) >= 11 is 0. The van der Waals surface area contributed by atoms with Gasteiger partial charge < -0.3 is 14.9 Å². The summed E-state index contributed by atoms with van der Waals surface area (Å²) in [5.41, 5.74) is 2.52. The molecule has 1 aromatic heterocycles. The molecule has 1 fully saturated rings. The second-order valence-corrected chi connectivity index (χ2v) is 5.62. The van der Waals surface area contributed by atoms with E-state index < -0.39 is 0 Å². The molecule has 5 nitrogen and oxygen atoms in total. The van der Waals surface area contributed by atoms with Crippen molar-refractivity contribution in [1.29, 1.82) is 0 Å². The Morgan fingerprint density at radius 2 is 1.95 bits per heavy atom. The number of aromatic nitrogens is 2. The molecule has 5 heteroatoms. The van der Waals surface area contributed by atoms with Crippen LogP contribution in [0.15, 0.2) is 16.7 Å². The highest BCUT2D eigenvalue weighted by Gasteiger charge is 2.28. The van der Waals surface area contributed by atoms with Gasteiger partial charge in [-0.1, -0.05) is 12.1 Å². The summed E-state index contributed by atoms with van der Waals surface area (Å²) in [5.74, 6) is 2.45. The second-order valence-electron chi connectivity index (χ2n) is 5.62. The van der Waals surface area contributed by atoms with Gasteiger partial charge in [-0.05, 0) is 56.1 Å². The van der Waals surface area contributed by atoms with Crippen LogP contribution >= 0.6 is 0 Å². The Kier molecular flexibility index (Phi) is 3.22. The molecule has 0 bridgehead atoms. The lowest BCUT2D eigenvalue weighted by molar-refractivity contribution is 0.252. The van der Waals surface area contributed by atoms with Crippen molar-refractivity contribution in [1.82, 2.24) is 15.5 Å². The fourth-order valence-electron chi connectivity index (χ4n) is 2.49. The standard InChI is InChI=1S/C15H19N3O2/c1-8-4-11(5-9(2)13(8)19)14-17-15(20-18-14)10(3)12-6-16-7-12/h4-5,10,12,16,19H,6-7H2,1-3H3. The molecule has 3 rings (SSSR count). The minimum atomic E-state index is 0.275. The molecule has 2 heterocycles. The molecule has 1 aliphatic rings. The maximum Gasteiger partial charge on any atom is 0.230 e. The first-order chi connectivity index (χ1) is 9.56. The number of aryl methyl sites for hydroxylation is 2. The predicted octanol–water partition coefficient (Wildman–Crippen LogP) is 2.38. The minimum Gasteiger partial charge on any atom is -0.507 e. The molecule has 1 saturated heterocycles. The number of nitrogens with zero attached hydrogens (tertiary/aromatic N) is 2. The Balaban J connectivity index is 1.89. The molecule has 106 valence electrons. The Labute approximate surface area is 118 Å². The third kappa shape index (κ3) is 2.18. The fraction of sp³-hybridized carbons (Fsp3) is 0.467. The van der Waals surface area contributed by atoms with Crippen molar-refractivity contribution in [3.05, 3.63) is 29.2 Å². The largest absolute Gasteiger partial charge is 0.507 e. The first-order valence-electron chi connectivity index (χ1n) is 6.91. The lowest BCUT2D eigenvalue weighted by Crippen LogP contribution is -2.44. The number of phenolic OH excluding ortho intramolecular Hbond substituents is 1. The number of hydrogen-bond donors (Lipinski definition) is 2. The molecule has 0 spiro atoms. The number of aromatic hydroxyl groups is 1. The van der Waals surface area contributed by atoms with Gasteiger partial charge in [-0.25, -0.2) is 0 Å². The summed E-state index contributed by atoms with van der Waals surface area (Å²) in [4.78, 5) is 4.51. The Hall–Kier alpha value is -1.88. The van der Waals surface area contributed by atoms with Crippen molar-refractivity contribution in [2.45, 2.75) is 26.7 Å². The molecule has 0 aliphatic carbocycles. The molecule has 0 saturated carbocycles. The first kappa shape index (κ1) is 13.1. The molecular formula is C15H19N3O2. The number of benzene rings is 1. The third-order valence-electron chi connectivity index (χ3n) is 4.10. The zero-order chi connectivity index (χ0) is 14.3. The van der Waals surface area contributed by atoms with Gasteiger partial charge in [-0.3, -0.25) is 0 Å². The normalized spacial score (nSPS) is 16.9. The van der Waals surface area contributed by atoms with E-state index in [-0.39, 0.29) is 5.92 Å². The molecular weight excluding hydrogens is 254 g/mol. The molecule has 0 amide bonds. The number of nitrogens with one attached hydrogen (secondary N) is 1. The topological polar surface area (TPSA) is 71.2 Å². The summed E-state index contributed by atoms with van der Waals surface area (Å²) in [6.07, 6.45) is 0. The predicted molar refractivity (Wildman–Crippen MR) is 75.6 cm³/mol. The van der Waals surface area contributed by atoms with E-state index in [9.17, 15) is 5.11 Å². The smallest absolute Gasteiger partial charge is 0.230 e. The van der Waals surface area contributed by atoms with Crippen molar-refractivity contribution in [2.24, 2.45) is 5.92 Å². The van der Waals surface area contributed by atoms with Crippen LogP contribution in [0.3, 0.4) is 0 Å². The van der Waals surface area contributed by atoms with Gasteiger partial charge in [0, 0.05) is 11.5 Å². The number of phenols is 1. The van der Waals surface area contributed by atoms with E-state index in [0.717, 1.165) is 29.8 Å². The maximum absolute atomic E-state index is 9.81. The van der Waals surface area contributed by atoms with Crippen LogP contribution < -0.4 is 5.32 Å². The van der Waals surface area contributed by atoms with Crippen molar-refractivity contribution >= 4 is 0 Å². The Bertz CT molecular complexity index is 609.